The maximum Gasteiger partial charge on any atom is 0.220 e. The minimum absolute atomic E-state index is 0.211. The number of aliphatic hydroxyl groups excluding tert-OH is 5. The standard InChI is InChI=1S/C57H101NO8/c1-3-5-7-9-11-13-15-17-19-21-22-23-24-25-26-27-28-29-31-32-34-36-38-40-42-44-46-51(60)50(49-65-57-56(64)55(63)54(62)52(48-59)66-57)58-53(61)47-45-43-41-39-37-35-33-30-20-18-16-14-12-10-8-6-4-2/h6,8,12,14,18,20,33,35-36,38,44,46,50-52,54-57,59-60,62-64H,3-5,7,9-11,13,15-17,19,21-32,34,37,39-43,45,47-49H2,1-2H3,(H,58,61)/b8-6-,14-12-,20-18-,35-33-,38-36+,46-44+. The molecule has 7 atom stereocenters. The molecule has 1 amide bonds. The highest BCUT2D eigenvalue weighted by molar-refractivity contribution is 5.76. The average Bonchev–Trinajstić information content (AvgIpc) is 3.32. The predicted octanol–water partition coefficient (Wildman–Crippen LogP) is 12.9. The van der Waals surface area contributed by atoms with Crippen LogP contribution >= 0.6 is 0 Å². The SMILES string of the molecule is CC/C=C\C/C=C\C/C=C\C/C=C\CCCCCCC(=O)NC(COC1OC(CO)C(O)C(O)C1O)C(O)/C=C/CC/C=C/CCCCCCCCCCCCCCCCCCCCCC. The Morgan fingerprint density at radius 3 is 1.45 bits per heavy atom. The summed E-state index contributed by atoms with van der Waals surface area (Å²) >= 11 is 0. The van der Waals surface area contributed by atoms with Crippen molar-refractivity contribution < 1.29 is 39.8 Å². The molecule has 0 saturated carbocycles. The number of carbonyl (C=O) groups is 1. The number of allylic oxidation sites excluding steroid dienone is 11. The van der Waals surface area contributed by atoms with Gasteiger partial charge in [0.2, 0.25) is 5.91 Å². The van der Waals surface area contributed by atoms with Crippen molar-refractivity contribution in [2.45, 2.75) is 269 Å². The van der Waals surface area contributed by atoms with Gasteiger partial charge in [0.25, 0.3) is 0 Å². The second kappa shape index (κ2) is 46.4. The zero-order valence-electron chi connectivity index (χ0n) is 42.2. The topological polar surface area (TPSA) is 149 Å². The maximum atomic E-state index is 13.0. The third-order valence-electron chi connectivity index (χ3n) is 12.5. The summed E-state index contributed by atoms with van der Waals surface area (Å²) in [5.41, 5.74) is 0. The molecule has 7 unspecified atom stereocenters. The smallest absolute Gasteiger partial charge is 0.220 e. The van der Waals surface area contributed by atoms with E-state index in [4.69, 9.17) is 9.47 Å². The number of amides is 1. The Morgan fingerprint density at radius 1 is 0.530 bits per heavy atom. The molecule has 9 nitrogen and oxygen atoms in total. The van der Waals surface area contributed by atoms with Gasteiger partial charge >= 0.3 is 0 Å². The molecule has 0 radical (unpaired) electrons. The molecule has 6 N–H and O–H groups in total. The van der Waals surface area contributed by atoms with Crippen molar-refractivity contribution in [3.8, 4) is 0 Å². The van der Waals surface area contributed by atoms with Crippen LogP contribution in [0.3, 0.4) is 0 Å². The Hall–Kier alpha value is -2.37. The fraction of sp³-hybridized carbons (Fsp3) is 0.772. The van der Waals surface area contributed by atoms with E-state index in [-0.39, 0.29) is 12.5 Å². The van der Waals surface area contributed by atoms with E-state index < -0.39 is 49.5 Å². The summed E-state index contributed by atoms with van der Waals surface area (Å²) in [4.78, 5) is 13.0. The van der Waals surface area contributed by atoms with Crippen LogP contribution in [0.5, 0.6) is 0 Å². The summed E-state index contributed by atoms with van der Waals surface area (Å²) in [6, 6.07) is -0.839. The number of nitrogens with one attached hydrogen (secondary N) is 1. The van der Waals surface area contributed by atoms with Crippen molar-refractivity contribution in [2.75, 3.05) is 13.2 Å². The molecule has 0 spiro atoms. The Kier molecular flexibility index (Phi) is 43.3. The number of unbranched alkanes of at least 4 members (excludes halogenated alkanes) is 25. The molecule has 0 aliphatic carbocycles. The summed E-state index contributed by atoms with van der Waals surface area (Å²) in [5, 5.41) is 54.4. The highest BCUT2D eigenvalue weighted by Gasteiger charge is 2.44. The largest absolute Gasteiger partial charge is 0.394 e. The first-order valence-electron chi connectivity index (χ1n) is 27.2. The first-order valence-corrected chi connectivity index (χ1v) is 27.2. The second-order valence-electron chi connectivity index (χ2n) is 18.6. The number of carbonyl (C=O) groups excluding carboxylic acids is 1. The lowest BCUT2D eigenvalue weighted by atomic mass is 9.99. The third kappa shape index (κ3) is 35.7. The van der Waals surface area contributed by atoms with E-state index in [9.17, 15) is 30.3 Å². The Balaban J connectivity index is 2.29. The summed E-state index contributed by atoms with van der Waals surface area (Å²) in [7, 11) is 0. The van der Waals surface area contributed by atoms with Gasteiger partial charge in [0, 0.05) is 6.42 Å². The first kappa shape index (κ1) is 61.6. The molecule has 9 heteroatoms. The molecule has 1 aliphatic heterocycles. The van der Waals surface area contributed by atoms with Crippen molar-refractivity contribution in [2.24, 2.45) is 0 Å². The van der Waals surface area contributed by atoms with Crippen LogP contribution in [-0.2, 0) is 14.3 Å². The molecule has 382 valence electrons. The Morgan fingerprint density at radius 2 is 0.955 bits per heavy atom. The van der Waals surface area contributed by atoms with Crippen molar-refractivity contribution in [1.29, 1.82) is 0 Å². The van der Waals surface area contributed by atoms with E-state index in [0.717, 1.165) is 77.0 Å². The van der Waals surface area contributed by atoms with E-state index in [2.05, 4.69) is 79.9 Å². The van der Waals surface area contributed by atoms with Crippen LogP contribution in [0.1, 0.15) is 226 Å². The van der Waals surface area contributed by atoms with E-state index in [0.29, 0.717) is 6.42 Å². The number of ether oxygens (including phenoxy) is 2. The number of hydrogen-bond donors (Lipinski definition) is 6. The van der Waals surface area contributed by atoms with Crippen molar-refractivity contribution in [3.63, 3.8) is 0 Å². The average molecular weight is 928 g/mol. The van der Waals surface area contributed by atoms with Crippen molar-refractivity contribution in [3.05, 3.63) is 72.9 Å². The first-order chi connectivity index (χ1) is 32.3. The lowest BCUT2D eigenvalue weighted by molar-refractivity contribution is -0.302. The van der Waals surface area contributed by atoms with E-state index in [1.807, 2.05) is 6.08 Å². The van der Waals surface area contributed by atoms with Crippen LogP contribution in [0.15, 0.2) is 72.9 Å². The normalized spacial score (nSPS) is 20.4. The van der Waals surface area contributed by atoms with Crippen LogP contribution in [0, 0.1) is 0 Å². The molecule has 1 saturated heterocycles. The molecule has 0 aromatic heterocycles. The molecule has 66 heavy (non-hydrogen) atoms. The van der Waals surface area contributed by atoms with Crippen LogP contribution in [-0.4, -0.2) is 87.5 Å². The predicted molar refractivity (Wildman–Crippen MR) is 276 cm³/mol. The van der Waals surface area contributed by atoms with Crippen LogP contribution < -0.4 is 5.32 Å². The van der Waals surface area contributed by atoms with Crippen molar-refractivity contribution >= 4 is 5.91 Å². The van der Waals surface area contributed by atoms with Gasteiger partial charge in [-0.15, -0.1) is 0 Å². The molecule has 0 aromatic carbocycles. The molecule has 0 aromatic rings. The Bertz CT molecular complexity index is 1260. The monoisotopic (exact) mass is 928 g/mol. The van der Waals surface area contributed by atoms with Gasteiger partial charge in [-0.2, -0.15) is 0 Å². The minimum atomic E-state index is -1.58. The number of aliphatic hydroxyl groups is 5. The molecule has 1 aliphatic rings. The quantitative estimate of drug-likeness (QED) is 0.0261. The summed E-state index contributed by atoms with van der Waals surface area (Å²) < 4.78 is 11.2. The Labute approximate surface area is 404 Å². The zero-order chi connectivity index (χ0) is 48.0. The van der Waals surface area contributed by atoms with Gasteiger partial charge < -0.3 is 40.3 Å². The fourth-order valence-corrected chi connectivity index (χ4v) is 8.22. The van der Waals surface area contributed by atoms with Gasteiger partial charge in [0.1, 0.15) is 24.4 Å². The summed E-state index contributed by atoms with van der Waals surface area (Å²) in [6.07, 6.45) is 56.8. The number of hydrogen-bond acceptors (Lipinski definition) is 8. The lowest BCUT2D eigenvalue weighted by Gasteiger charge is -2.40. The summed E-state index contributed by atoms with van der Waals surface area (Å²) in [5.74, 6) is -0.211. The highest BCUT2D eigenvalue weighted by atomic mass is 16.7. The fourth-order valence-electron chi connectivity index (χ4n) is 8.22. The third-order valence-corrected chi connectivity index (χ3v) is 12.5. The van der Waals surface area contributed by atoms with Crippen LogP contribution in [0.2, 0.25) is 0 Å². The van der Waals surface area contributed by atoms with Gasteiger partial charge in [-0.1, -0.05) is 222 Å². The van der Waals surface area contributed by atoms with E-state index in [1.165, 1.54) is 128 Å². The molecular weight excluding hydrogens is 827 g/mol. The minimum Gasteiger partial charge on any atom is -0.394 e. The number of rotatable bonds is 45. The van der Waals surface area contributed by atoms with Gasteiger partial charge in [0.05, 0.1) is 25.4 Å². The van der Waals surface area contributed by atoms with Crippen LogP contribution in [0.4, 0.5) is 0 Å². The van der Waals surface area contributed by atoms with Gasteiger partial charge in [-0.25, -0.2) is 0 Å². The molecule has 0 bridgehead atoms. The molecule has 1 rings (SSSR count). The zero-order valence-corrected chi connectivity index (χ0v) is 42.2. The maximum absolute atomic E-state index is 13.0. The van der Waals surface area contributed by atoms with Gasteiger partial charge in [0.15, 0.2) is 6.29 Å². The second-order valence-corrected chi connectivity index (χ2v) is 18.6. The van der Waals surface area contributed by atoms with Crippen molar-refractivity contribution in [1.82, 2.24) is 5.32 Å². The van der Waals surface area contributed by atoms with E-state index in [1.54, 1.807) is 6.08 Å². The van der Waals surface area contributed by atoms with Crippen LogP contribution in [0.25, 0.3) is 0 Å². The van der Waals surface area contributed by atoms with Gasteiger partial charge in [-0.3, -0.25) is 4.79 Å². The highest BCUT2D eigenvalue weighted by Crippen LogP contribution is 2.23. The summed E-state index contributed by atoms with van der Waals surface area (Å²) in [6.45, 7) is 3.64. The molecule has 1 fully saturated rings. The van der Waals surface area contributed by atoms with E-state index >= 15 is 0 Å². The molecular formula is C57H101NO8. The van der Waals surface area contributed by atoms with Gasteiger partial charge in [-0.05, 0) is 70.6 Å². The molecule has 1 heterocycles. The lowest BCUT2D eigenvalue weighted by Crippen LogP contribution is -2.60.